The first kappa shape index (κ1) is 22.8. The molecule has 4 atom stereocenters. The third-order valence-electron chi connectivity index (χ3n) is 4.10. The second kappa shape index (κ2) is 10.3. The van der Waals surface area contributed by atoms with E-state index in [9.17, 15) is 19.5 Å². The number of amides is 3. The number of rotatable bonds is 11. The molecule has 14 nitrogen and oxygen atoms in total. The molecule has 30 heavy (non-hydrogen) atoms. The van der Waals surface area contributed by atoms with Crippen molar-refractivity contribution in [1.82, 2.24) is 30.7 Å². The van der Waals surface area contributed by atoms with Crippen LogP contribution in [0.3, 0.4) is 0 Å². The molecule has 0 radical (unpaired) electrons. The number of nitrogens with one attached hydrogen (secondary N) is 3. The fraction of sp³-hybridized carbons (Fsp3) is 0.500. The van der Waals surface area contributed by atoms with Crippen LogP contribution in [0.5, 0.6) is 0 Å². The summed E-state index contributed by atoms with van der Waals surface area (Å²) in [6.45, 7) is 1.22. The number of hydrogen-bond donors (Lipinski definition) is 7. The minimum Gasteiger partial charge on any atom is -0.480 e. The predicted molar refractivity (Wildman–Crippen MR) is 99.5 cm³/mol. The monoisotopic (exact) mass is 424 g/mol. The number of carboxylic acids is 1. The van der Waals surface area contributed by atoms with E-state index in [1.54, 1.807) is 6.20 Å². The molecule has 0 spiro atoms. The molecule has 14 heteroatoms. The number of H-pyrrole nitrogens is 1. The lowest BCUT2D eigenvalue weighted by Gasteiger charge is -2.20. The van der Waals surface area contributed by atoms with Crippen LogP contribution < -0.4 is 22.1 Å². The van der Waals surface area contributed by atoms with Crippen molar-refractivity contribution in [3.05, 3.63) is 29.9 Å². The van der Waals surface area contributed by atoms with Crippen molar-refractivity contribution in [2.45, 2.75) is 50.4 Å². The van der Waals surface area contributed by atoms with Gasteiger partial charge >= 0.3 is 12.0 Å². The van der Waals surface area contributed by atoms with E-state index in [1.165, 1.54) is 13.3 Å². The van der Waals surface area contributed by atoms with Crippen molar-refractivity contribution in [2.75, 3.05) is 0 Å². The van der Waals surface area contributed by atoms with Gasteiger partial charge in [0.1, 0.15) is 6.04 Å². The highest BCUT2D eigenvalue weighted by Crippen LogP contribution is 2.19. The third kappa shape index (κ3) is 6.52. The molecule has 2 aromatic rings. The van der Waals surface area contributed by atoms with Gasteiger partial charge in [-0.2, -0.15) is 4.98 Å². The molecule has 2 heterocycles. The van der Waals surface area contributed by atoms with E-state index >= 15 is 0 Å². The van der Waals surface area contributed by atoms with Gasteiger partial charge in [0, 0.05) is 24.7 Å². The quantitative estimate of drug-likeness (QED) is 0.220. The highest BCUT2D eigenvalue weighted by Gasteiger charge is 2.28. The Morgan fingerprint density at radius 2 is 2.07 bits per heavy atom. The lowest BCUT2D eigenvalue weighted by Crippen LogP contribution is -2.51. The number of carbonyl (C=O) groups excluding carboxylic acids is 2. The number of urea groups is 1. The van der Waals surface area contributed by atoms with Gasteiger partial charge in [-0.1, -0.05) is 5.16 Å². The highest BCUT2D eigenvalue weighted by atomic mass is 16.5. The number of aromatic nitrogens is 4. The van der Waals surface area contributed by atoms with Gasteiger partial charge in [0.05, 0.1) is 18.5 Å². The van der Waals surface area contributed by atoms with Gasteiger partial charge in [-0.15, -0.1) is 0 Å². The lowest BCUT2D eigenvalue weighted by molar-refractivity contribution is -0.141. The van der Waals surface area contributed by atoms with Crippen LogP contribution in [0, 0.1) is 0 Å². The molecule has 1 unspecified atom stereocenters. The second-order valence-corrected chi connectivity index (χ2v) is 6.61. The van der Waals surface area contributed by atoms with E-state index in [1.807, 2.05) is 0 Å². The maximum atomic E-state index is 12.2. The minimum atomic E-state index is -1.54. The van der Waals surface area contributed by atoms with Crippen molar-refractivity contribution in [3.63, 3.8) is 0 Å². The van der Waals surface area contributed by atoms with Crippen molar-refractivity contribution in [1.29, 1.82) is 0 Å². The van der Waals surface area contributed by atoms with Gasteiger partial charge in [-0.25, -0.2) is 14.6 Å². The zero-order chi connectivity index (χ0) is 22.3. The zero-order valence-corrected chi connectivity index (χ0v) is 16.1. The fourth-order valence-corrected chi connectivity index (χ4v) is 2.54. The SMILES string of the molecule is CC(O)[C@H](NC(=O)N[C@@H](CCC(N)=O)c1nc([C@@H](N)Cc2cnc[nH]2)no1)C(=O)O. The summed E-state index contributed by atoms with van der Waals surface area (Å²) in [5.41, 5.74) is 12.0. The summed E-state index contributed by atoms with van der Waals surface area (Å²) in [5, 5.41) is 26.9. The van der Waals surface area contributed by atoms with E-state index in [0.717, 1.165) is 5.69 Å². The first-order chi connectivity index (χ1) is 14.2. The molecule has 2 aromatic heterocycles. The number of nitrogens with zero attached hydrogens (tertiary/aromatic N) is 3. The van der Waals surface area contributed by atoms with Gasteiger partial charge in [-0.3, -0.25) is 4.79 Å². The van der Waals surface area contributed by atoms with Crippen LogP contribution in [-0.2, 0) is 16.0 Å². The van der Waals surface area contributed by atoms with Crippen LogP contribution in [0.1, 0.15) is 49.3 Å². The Labute approximate surface area is 170 Å². The molecule has 164 valence electrons. The van der Waals surface area contributed by atoms with Gasteiger partial charge < -0.3 is 41.8 Å². The summed E-state index contributed by atoms with van der Waals surface area (Å²) in [7, 11) is 0. The molecule has 0 aromatic carbocycles. The van der Waals surface area contributed by atoms with Gasteiger partial charge in [0.15, 0.2) is 11.9 Å². The van der Waals surface area contributed by atoms with Crippen molar-refractivity contribution in [2.24, 2.45) is 11.5 Å². The van der Waals surface area contributed by atoms with Gasteiger partial charge in [0.25, 0.3) is 0 Å². The largest absolute Gasteiger partial charge is 0.480 e. The highest BCUT2D eigenvalue weighted by molar-refractivity contribution is 5.83. The Balaban J connectivity index is 2.10. The number of imidazole rings is 1. The van der Waals surface area contributed by atoms with Crippen molar-refractivity contribution >= 4 is 17.9 Å². The van der Waals surface area contributed by atoms with E-state index in [-0.39, 0.29) is 24.6 Å². The van der Waals surface area contributed by atoms with Crippen molar-refractivity contribution in [3.8, 4) is 0 Å². The number of aliphatic hydroxyl groups is 1. The molecular weight excluding hydrogens is 400 g/mol. The number of hydrogen-bond acceptors (Lipinski definition) is 9. The normalized spacial score (nSPS) is 15.0. The average molecular weight is 424 g/mol. The fourth-order valence-electron chi connectivity index (χ4n) is 2.54. The first-order valence-electron chi connectivity index (χ1n) is 9.00. The molecule has 0 aliphatic rings. The average Bonchev–Trinajstić information content (AvgIpc) is 3.34. The number of carbonyl (C=O) groups is 3. The molecule has 0 saturated heterocycles. The van der Waals surface area contributed by atoms with Crippen LogP contribution >= 0.6 is 0 Å². The van der Waals surface area contributed by atoms with Crippen LogP contribution in [-0.4, -0.2) is 60.4 Å². The maximum Gasteiger partial charge on any atom is 0.328 e. The summed E-state index contributed by atoms with van der Waals surface area (Å²) in [6, 6.07) is -4.02. The Kier molecular flexibility index (Phi) is 7.83. The number of aliphatic hydroxyl groups excluding tert-OH is 1. The molecular formula is C16H24N8O6. The van der Waals surface area contributed by atoms with Crippen molar-refractivity contribution < 1.29 is 29.1 Å². The van der Waals surface area contributed by atoms with Gasteiger partial charge in [0.2, 0.25) is 11.8 Å². The number of aromatic amines is 1. The summed E-state index contributed by atoms with van der Waals surface area (Å²) >= 11 is 0. The predicted octanol–water partition coefficient (Wildman–Crippen LogP) is -1.52. The molecule has 9 N–H and O–H groups in total. The number of aliphatic carboxylic acids is 1. The Bertz CT molecular complexity index is 852. The topological polar surface area (TPSA) is 235 Å². The Morgan fingerprint density at radius 1 is 1.33 bits per heavy atom. The first-order valence-corrected chi connectivity index (χ1v) is 9.00. The van der Waals surface area contributed by atoms with Gasteiger partial charge in [-0.05, 0) is 13.3 Å². The van der Waals surface area contributed by atoms with Crippen LogP contribution in [0.4, 0.5) is 4.79 Å². The third-order valence-corrected chi connectivity index (χ3v) is 4.10. The molecule has 3 amide bonds. The zero-order valence-electron chi connectivity index (χ0n) is 16.1. The minimum absolute atomic E-state index is 0.0204. The van der Waals surface area contributed by atoms with Crippen LogP contribution in [0.25, 0.3) is 0 Å². The molecule has 0 aliphatic heterocycles. The number of nitrogens with two attached hydrogens (primary N) is 2. The Hall–Kier alpha value is -3.52. The summed E-state index contributed by atoms with van der Waals surface area (Å²) < 4.78 is 5.17. The molecule has 0 saturated carbocycles. The summed E-state index contributed by atoms with van der Waals surface area (Å²) in [6.07, 6.45) is 2.03. The molecule has 0 aliphatic carbocycles. The van der Waals surface area contributed by atoms with E-state index in [2.05, 4.69) is 30.7 Å². The number of carboxylic acid groups (broad SMARTS) is 1. The second-order valence-electron chi connectivity index (χ2n) is 6.61. The summed E-state index contributed by atoms with van der Waals surface area (Å²) in [5.74, 6) is -1.91. The lowest BCUT2D eigenvalue weighted by atomic mass is 10.1. The van der Waals surface area contributed by atoms with Crippen LogP contribution in [0.15, 0.2) is 17.0 Å². The van der Waals surface area contributed by atoms with E-state index in [4.69, 9.17) is 21.1 Å². The summed E-state index contributed by atoms with van der Waals surface area (Å²) in [4.78, 5) is 45.5. The van der Waals surface area contributed by atoms with E-state index < -0.39 is 42.1 Å². The smallest absolute Gasteiger partial charge is 0.328 e. The number of primary amides is 1. The standard InChI is InChI=1S/C16H24N8O6/c1-7(25)12(15(27)28)22-16(29)21-10(2-3-11(18)26)14-23-13(24-30-14)9(17)4-8-5-19-6-20-8/h5-7,9-10,12,25H,2-4,17H2,1H3,(H2,18,26)(H,19,20)(H,27,28)(H2,21,22,29)/t7?,9-,10-,12-/m0/s1. The Morgan fingerprint density at radius 3 is 2.63 bits per heavy atom. The maximum absolute atomic E-state index is 12.2. The molecule has 0 bridgehead atoms. The molecule has 2 rings (SSSR count). The van der Waals surface area contributed by atoms with Crippen LogP contribution in [0.2, 0.25) is 0 Å². The van der Waals surface area contributed by atoms with E-state index in [0.29, 0.717) is 6.42 Å². The molecule has 0 fully saturated rings.